The molecule has 2 saturated heterocycles. The highest BCUT2D eigenvalue weighted by Gasteiger charge is 2.43. The van der Waals surface area contributed by atoms with Crippen LogP contribution in [-0.4, -0.2) is 51.1 Å². The van der Waals surface area contributed by atoms with Crippen LogP contribution in [0.2, 0.25) is 0 Å². The minimum absolute atomic E-state index is 0.219. The van der Waals surface area contributed by atoms with E-state index in [0.29, 0.717) is 36.0 Å². The number of benzene rings is 2. The van der Waals surface area contributed by atoms with Crippen molar-refractivity contribution in [2.75, 3.05) is 37.1 Å². The smallest absolute Gasteiger partial charge is 0.326 e. The second kappa shape index (κ2) is 9.32. The number of carbonyl (C=O) groups is 4. The minimum atomic E-state index is -1.09. The highest BCUT2D eigenvalue weighted by molar-refractivity contribution is 6.13. The van der Waals surface area contributed by atoms with Crippen molar-refractivity contribution in [3.05, 3.63) is 48.5 Å². The maximum Gasteiger partial charge on any atom is 0.326 e. The fourth-order valence-electron chi connectivity index (χ4n) is 4.11. The van der Waals surface area contributed by atoms with Gasteiger partial charge in [-0.05, 0) is 37.1 Å². The SMILES string of the molecule is COc1cccc(N2CCC(C(=O)OC(=O)C3CCN(c4cccc(OC)c4)C3=O)C2=O)c1. The summed E-state index contributed by atoms with van der Waals surface area (Å²) in [4.78, 5) is 53.7. The predicted molar refractivity (Wildman–Crippen MR) is 118 cm³/mol. The molecule has 9 heteroatoms. The maximum absolute atomic E-state index is 12.8. The zero-order valence-corrected chi connectivity index (χ0v) is 18.4. The zero-order valence-electron chi connectivity index (χ0n) is 18.4. The summed E-state index contributed by atoms with van der Waals surface area (Å²) in [5.41, 5.74) is 1.20. The van der Waals surface area contributed by atoms with Crippen LogP contribution in [0, 0.1) is 11.8 Å². The molecule has 0 bridgehead atoms. The monoisotopic (exact) mass is 452 g/mol. The first-order valence-corrected chi connectivity index (χ1v) is 10.6. The van der Waals surface area contributed by atoms with Gasteiger partial charge in [0.05, 0.1) is 14.2 Å². The standard InChI is InChI=1S/C24H24N2O7/c1-31-17-7-3-5-15(13-17)25-11-9-19(21(25)27)23(29)33-24(30)20-10-12-26(22(20)28)16-6-4-8-18(14-16)32-2/h3-8,13-14,19-20H,9-12H2,1-2H3. The van der Waals surface area contributed by atoms with E-state index in [-0.39, 0.29) is 12.8 Å². The number of esters is 2. The van der Waals surface area contributed by atoms with Crippen molar-refractivity contribution >= 4 is 35.1 Å². The molecule has 2 amide bonds. The zero-order chi connectivity index (χ0) is 23.5. The Balaban J connectivity index is 1.39. The molecule has 2 aromatic rings. The van der Waals surface area contributed by atoms with Crippen LogP contribution < -0.4 is 19.3 Å². The first-order chi connectivity index (χ1) is 15.9. The summed E-state index contributed by atoms with van der Waals surface area (Å²) in [6.45, 7) is 0.623. The Bertz CT molecular complexity index is 1010. The molecule has 4 rings (SSSR count). The van der Waals surface area contributed by atoms with Crippen LogP contribution in [0.3, 0.4) is 0 Å². The molecule has 0 aliphatic carbocycles. The number of hydrogen-bond acceptors (Lipinski definition) is 7. The van der Waals surface area contributed by atoms with Gasteiger partial charge in [-0.2, -0.15) is 0 Å². The predicted octanol–water partition coefficient (Wildman–Crippen LogP) is 2.18. The summed E-state index contributed by atoms with van der Waals surface area (Å²) in [5.74, 6) is -3.76. The van der Waals surface area contributed by atoms with Crippen LogP contribution >= 0.6 is 0 Å². The fraction of sp³-hybridized carbons (Fsp3) is 0.333. The molecule has 172 valence electrons. The Kier molecular flexibility index (Phi) is 6.30. The van der Waals surface area contributed by atoms with Gasteiger partial charge in [0.2, 0.25) is 11.8 Å². The van der Waals surface area contributed by atoms with Gasteiger partial charge in [0.15, 0.2) is 0 Å². The molecule has 9 nitrogen and oxygen atoms in total. The number of methoxy groups -OCH3 is 2. The third kappa shape index (κ3) is 4.39. The first-order valence-electron chi connectivity index (χ1n) is 10.6. The van der Waals surface area contributed by atoms with E-state index in [4.69, 9.17) is 14.2 Å². The van der Waals surface area contributed by atoms with Crippen LogP contribution in [0.15, 0.2) is 48.5 Å². The summed E-state index contributed by atoms with van der Waals surface area (Å²) in [5, 5.41) is 0. The first kappa shape index (κ1) is 22.3. The lowest BCUT2D eigenvalue weighted by molar-refractivity contribution is -0.166. The van der Waals surface area contributed by atoms with Gasteiger partial charge in [-0.1, -0.05) is 12.1 Å². The van der Waals surface area contributed by atoms with E-state index in [9.17, 15) is 19.2 Å². The van der Waals surface area contributed by atoms with Crippen LogP contribution in [0.1, 0.15) is 12.8 Å². The van der Waals surface area contributed by atoms with E-state index in [2.05, 4.69) is 0 Å². The summed E-state index contributed by atoms with van der Waals surface area (Å²) in [7, 11) is 3.05. The third-order valence-electron chi connectivity index (χ3n) is 5.91. The van der Waals surface area contributed by atoms with E-state index < -0.39 is 35.6 Å². The Hall–Kier alpha value is -3.88. The van der Waals surface area contributed by atoms with Crippen molar-refractivity contribution in [3.8, 4) is 11.5 Å². The number of ether oxygens (including phenoxy) is 3. The van der Waals surface area contributed by atoms with Crippen molar-refractivity contribution in [1.82, 2.24) is 0 Å². The molecule has 2 atom stereocenters. The lowest BCUT2D eigenvalue weighted by Gasteiger charge is -2.18. The van der Waals surface area contributed by atoms with Gasteiger partial charge >= 0.3 is 11.9 Å². The van der Waals surface area contributed by atoms with Gasteiger partial charge in [-0.3, -0.25) is 19.2 Å². The highest BCUT2D eigenvalue weighted by atomic mass is 16.6. The van der Waals surface area contributed by atoms with Gasteiger partial charge in [0.25, 0.3) is 0 Å². The quantitative estimate of drug-likeness (QED) is 0.489. The molecule has 0 aromatic heterocycles. The molecule has 0 saturated carbocycles. The molecule has 0 N–H and O–H groups in total. The Morgan fingerprint density at radius 2 is 1.18 bits per heavy atom. The second-order valence-electron chi connectivity index (χ2n) is 7.81. The number of hydrogen-bond donors (Lipinski definition) is 0. The summed E-state index contributed by atoms with van der Waals surface area (Å²) < 4.78 is 15.4. The summed E-state index contributed by atoms with van der Waals surface area (Å²) in [6.07, 6.45) is 0.438. The molecular formula is C24H24N2O7. The van der Waals surface area contributed by atoms with Crippen LogP contribution in [0.4, 0.5) is 11.4 Å². The largest absolute Gasteiger partial charge is 0.497 e. The number of amides is 2. The molecule has 0 radical (unpaired) electrons. The van der Waals surface area contributed by atoms with E-state index in [1.54, 1.807) is 48.5 Å². The molecule has 2 fully saturated rings. The van der Waals surface area contributed by atoms with Crippen molar-refractivity contribution in [3.63, 3.8) is 0 Å². The molecular weight excluding hydrogens is 428 g/mol. The minimum Gasteiger partial charge on any atom is -0.497 e. The molecule has 33 heavy (non-hydrogen) atoms. The van der Waals surface area contributed by atoms with Crippen molar-refractivity contribution in [1.29, 1.82) is 0 Å². The van der Waals surface area contributed by atoms with Crippen LogP contribution in [0.25, 0.3) is 0 Å². The molecule has 2 aromatic carbocycles. The van der Waals surface area contributed by atoms with Gasteiger partial charge in [0.1, 0.15) is 23.3 Å². The van der Waals surface area contributed by atoms with Crippen LogP contribution in [-0.2, 0) is 23.9 Å². The molecule has 2 aliphatic rings. The van der Waals surface area contributed by atoms with Crippen molar-refractivity contribution in [2.45, 2.75) is 12.8 Å². The normalized spacial score (nSPS) is 20.2. The van der Waals surface area contributed by atoms with E-state index in [1.165, 1.54) is 24.0 Å². The lowest BCUT2D eigenvalue weighted by Crippen LogP contribution is -2.35. The van der Waals surface area contributed by atoms with Gasteiger partial charge in [-0.25, -0.2) is 0 Å². The summed E-state index contributed by atoms with van der Waals surface area (Å²) >= 11 is 0. The topological polar surface area (TPSA) is 102 Å². The van der Waals surface area contributed by atoms with Crippen molar-refractivity contribution in [2.24, 2.45) is 11.8 Å². The number of rotatable bonds is 6. The van der Waals surface area contributed by atoms with E-state index in [1.807, 2.05) is 0 Å². The Labute approximate surface area is 190 Å². The van der Waals surface area contributed by atoms with E-state index >= 15 is 0 Å². The fourth-order valence-corrected chi connectivity index (χ4v) is 4.11. The van der Waals surface area contributed by atoms with Gasteiger partial charge in [-0.15, -0.1) is 0 Å². The average molecular weight is 452 g/mol. The van der Waals surface area contributed by atoms with Crippen LogP contribution in [0.5, 0.6) is 11.5 Å². The lowest BCUT2D eigenvalue weighted by atomic mass is 10.1. The Morgan fingerprint density at radius 3 is 1.58 bits per heavy atom. The molecule has 0 spiro atoms. The second-order valence-corrected chi connectivity index (χ2v) is 7.81. The number of carbonyl (C=O) groups excluding carboxylic acids is 4. The number of anilines is 2. The maximum atomic E-state index is 12.8. The Morgan fingerprint density at radius 1 is 0.758 bits per heavy atom. The third-order valence-corrected chi connectivity index (χ3v) is 5.91. The average Bonchev–Trinajstić information content (AvgIpc) is 3.41. The van der Waals surface area contributed by atoms with Gasteiger partial charge < -0.3 is 24.0 Å². The molecule has 2 unspecified atom stereocenters. The number of nitrogens with zero attached hydrogens (tertiary/aromatic N) is 2. The highest BCUT2D eigenvalue weighted by Crippen LogP contribution is 2.31. The van der Waals surface area contributed by atoms with E-state index in [0.717, 1.165) is 0 Å². The molecule has 2 heterocycles. The molecule has 2 aliphatic heterocycles. The summed E-state index contributed by atoms with van der Waals surface area (Å²) in [6, 6.07) is 13.9. The van der Waals surface area contributed by atoms with Gasteiger partial charge in [0, 0.05) is 36.6 Å². The van der Waals surface area contributed by atoms with Crippen molar-refractivity contribution < 1.29 is 33.4 Å².